The van der Waals surface area contributed by atoms with Crippen molar-refractivity contribution in [2.45, 2.75) is 32.7 Å². The fourth-order valence-corrected chi connectivity index (χ4v) is 3.59. The van der Waals surface area contributed by atoms with Gasteiger partial charge in [-0.3, -0.25) is 4.79 Å². The lowest BCUT2D eigenvalue weighted by atomic mass is 10.1. The number of hydrogen-bond donors (Lipinski definition) is 0. The van der Waals surface area contributed by atoms with Gasteiger partial charge in [-0.1, -0.05) is 35.9 Å². The van der Waals surface area contributed by atoms with E-state index in [9.17, 15) is 18.0 Å². The molecule has 0 bridgehead atoms. The Kier molecular flexibility index (Phi) is 6.35. The molecule has 8 heteroatoms. The summed E-state index contributed by atoms with van der Waals surface area (Å²) in [6.07, 6.45) is 0.208. The highest BCUT2D eigenvalue weighted by Crippen LogP contribution is 2.32. The Morgan fingerprint density at radius 3 is 2.48 bits per heavy atom. The van der Waals surface area contributed by atoms with E-state index in [4.69, 9.17) is 4.42 Å². The van der Waals surface area contributed by atoms with Crippen molar-refractivity contribution in [1.82, 2.24) is 14.5 Å². The number of aryl methyl sites for hydroxylation is 1. The van der Waals surface area contributed by atoms with Gasteiger partial charge in [0.15, 0.2) is 0 Å². The SMILES string of the molecule is Cc1ccc(C(=O)N(Cc2ccco2)Cc2nccn2Cc2ccccc2C(F)(F)F)cc1. The van der Waals surface area contributed by atoms with Crippen LogP contribution in [0.2, 0.25) is 0 Å². The Hall–Kier alpha value is -3.81. The number of alkyl halides is 3. The van der Waals surface area contributed by atoms with Crippen LogP contribution in [-0.2, 0) is 25.8 Å². The summed E-state index contributed by atoms with van der Waals surface area (Å²) in [5.74, 6) is 0.839. The van der Waals surface area contributed by atoms with Crippen LogP contribution < -0.4 is 0 Å². The molecule has 2 aromatic carbocycles. The predicted molar refractivity (Wildman–Crippen MR) is 116 cm³/mol. The van der Waals surface area contributed by atoms with Gasteiger partial charge in [-0.05, 0) is 42.8 Å². The van der Waals surface area contributed by atoms with E-state index < -0.39 is 11.7 Å². The predicted octanol–water partition coefficient (Wildman–Crippen LogP) is 5.69. The zero-order valence-electron chi connectivity index (χ0n) is 17.9. The molecule has 33 heavy (non-hydrogen) atoms. The summed E-state index contributed by atoms with van der Waals surface area (Å²) in [5.41, 5.74) is 0.982. The minimum atomic E-state index is -4.45. The van der Waals surface area contributed by atoms with E-state index in [2.05, 4.69) is 4.98 Å². The molecule has 4 aromatic rings. The second kappa shape index (κ2) is 9.36. The van der Waals surface area contributed by atoms with Crippen molar-refractivity contribution in [3.05, 3.63) is 113 Å². The third-order valence-electron chi connectivity index (χ3n) is 5.31. The van der Waals surface area contributed by atoms with Crippen LogP contribution >= 0.6 is 0 Å². The molecule has 0 saturated heterocycles. The third-order valence-corrected chi connectivity index (χ3v) is 5.31. The molecule has 0 fully saturated rings. The van der Waals surface area contributed by atoms with Gasteiger partial charge < -0.3 is 13.9 Å². The number of hydrogen-bond acceptors (Lipinski definition) is 3. The molecule has 0 unspecified atom stereocenters. The van der Waals surface area contributed by atoms with Gasteiger partial charge in [0.1, 0.15) is 11.6 Å². The molecular weight excluding hydrogens is 431 g/mol. The molecule has 0 atom stereocenters. The molecule has 4 rings (SSSR count). The molecule has 0 aliphatic heterocycles. The third kappa shape index (κ3) is 5.34. The van der Waals surface area contributed by atoms with E-state index in [1.807, 2.05) is 19.1 Å². The van der Waals surface area contributed by atoms with Gasteiger partial charge in [0.2, 0.25) is 0 Å². The number of rotatable bonds is 7. The molecule has 2 heterocycles. The molecule has 2 aromatic heterocycles. The Labute approximate surface area is 189 Å². The molecular formula is C25H22F3N3O2. The number of imidazole rings is 1. The van der Waals surface area contributed by atoms with Gasteiger partial charge in [0.05, 0.1) is 24.9 Å². The summed E-state index contributed by atoms with van der Waals surface area (Å²) >= 11 is 0. The van der Waals surface area contributed by atoms with E-state index >= 15 is 0 Å². The van der Waals surface area contributed by atoms with Crippen LogP contribution in [0, 0.1) is 6.92 Å². The smallest absolute Gasteiger partial charge is 0.416 e. The molecule has 0 N–H and O–H groups in total. The number of carbonyl (C=O) groups is 1. The Bertz CT molecular complexity index is 1210. The number of nitrogens with zero attached hydrogens (tertiary/aromatic N) is 3. The number of furan rings is 1. The van der Waals surface area contributed by atoms with Crippen LogP contribution in [0.25, 0.3) is 0 Å². The highest BCUT2D eigenvalue weighted by Gasteiger charge is 2.33. The number of halogens is 3. The normalized spacial score (nSPS) is 11.5. The average molecular weight is 453 g/mol. The number of carbonyl (C=O) groups excluding carboxylic acids is 1. The van der Waals surface area contributed by atoms with E-state index in [1.165, 1.54) is 24.6 Å². The summed E-state index contributed by atoms with van der Waals surface area (Å²) in [6, 6.07) is 16.2. The zero-order chi connectivity index (χ0) is 23.4. The maximum atomic E-state index is 13.4. The summed E-state index contributed by atoms with van der Waals surface area (Å²) in [4.78, 5) is 19.2. The van der Waals surface area contributed by atoms with Crippen molar-refractivity contribution < 1.29 is 22.4 Å². The quantitative estimate of drug-likeness (QED) is 0.361. The van der Waals surface area contributed by atoms with Crippen molar-refractivity contribution in [2.75, 3.05) is 0 Å². The molecule has 0 radical (unpaired) electrons. The fourth-order valence-electron chi connectivity index (χ4n) is 3.59. The van der Waals surface area contributed by atoms with Crippen LogP contribution in [0.1, 0.15) is 38.6 Å². The minimum Gasteiger partial charge on any atom is -0.467 e. The van der Waals surface area contributed by atoms with Crippen molar-refractivity contribution in [1.29, 1.82) is 0 Å². The van der Waals surface area contributed by atoms with Crippen molar-refractivity contribution in [3.63, 3.8) is 0 Å². The Balaban J connectivity index is 1.61. The second-order valence-electron chi connectivity index (χ2n) is 7.73. The average Bonchev–Trinajstić information content (AvgIpc) is 3.45. The molecule has 0 saturated carbocycles. The molecule has 0 aliphatic rings. The zero-order valence-corrected chi connectivity index (χ0v) is 17.9. The Morgan fingerprint density at radius 1 is 1.03 bits per heavy atom. The summed E-state index contributed by atoms with van der Waals surface area (Å²) in [5, 5.41) is 0. The highest BCUT2D eigenvalue weighted by atomic mass is 19.4. The maximum absolute atomic E-state index is 13.4. The Morgan fingerprint density at radius 2 is 1.79 bits per heavy atom. The number of aromatic nitrogens is 2. The van der Waals surface area contributed by atoms with Crippen LogP contribution in [0.3, 0.4) is 0 Å². The number of benzene rings is 2. The first kappa shape index (κ1) is 22.4. The largest absolute Gasteiger partial charge is 0.467 e. The van der Waals surface area contributed by atoms with Gasteiger partial charge in [-0.15, -0.1) is 0 Å². The lowest BCUT2D eigenvalue weighted by Gasteiger charge is -2.22. The lowest BCUT2D eigenvalue weighted by molar-refractivity contribution is -0.138. The molecule has 0 spiro atoms. The monoisotopic (exact) mass is 453 g/mol. The van der Waals surface area contributed by atoms with E-state index in [-0.39, 0.29) is 31.1 Å². The topological polar surface area (TPSA) is 51.3 Å². The summed E-state index contributed by atoms with van der Waals surface area (Å²) < 4.78 is 47.3. The van der Waals surface area contributed by atoms with Crippen molar-refractivity contribution in [2.24, 2.45) is 0 Å². The van der Waals surface area contributed by atoms with Gasteiger partial charge in [-0.25, -0.2) is 4.98 Å². The van der Waals surface area contributed by atoms with Gasteiger partial charge in [0, 0.05) is 24.5 Å². The van der Waals surface area contributed by atoms with Gasteiger partial charge in [-0.2, -0.15) is 13.2 Å². The lowest BCUT2D eigenvalue weighted by Crippen LogP contribution is -2.31. The maximum Gasteiger partial charge on any atom is 0.416 e. The molecule has 170 valence electrons. The van der Waals surface area contributed by atoms with Crippen molar-refractivity contribution in [3.8, 4) is 0 Å². The van der Waals surface area contributed by atoms with Gasteiger partial charge in [0.25, 0.3) is 5.91 Å². The summed E-state index contributed by atoms with van der Waals surface area (Å²) in [6.45, 7) is 2.23. The molecule has 0 aliphatic carbocycles. The molecule has 5 nitrogen and oxygen atoms in total. The van der Waals surface area contributed by atoms with Crippen LogP contribution in [0.5, 0.6) is 0 Å². The van der Waals surface area contributed by atoms with Crippen LogP contribution in [0.4, 0.5) is 13.2 Å². The first-order valence-corrected chi connectivity index (χ1v) is 10.3. The fraction of sp³-hybridized carbons (Fsp3) is 0.200. The first-order chi connectivity index (χ1) is 15.8. The van der Waals surface area contributed by atoms with Crippen molar-refractivity contribution >= 4 is 5.91 Å². The van der Waals surface area contributed by atoms with Crippen LogP contribution in [-0.4, -0.2) is 20.4 Å². The van der Waals surface area contributed by atoms with Crippen LogP contribution in [0.15, 0.2) is 83.7 Å². The molecule has 1 amide bonds. The standard InChI is InChI=1S/C25H22F3N3O2/c1-18-8-10-19(11-9-18)24(32)31(16-21-6-4-14-33-21)17-23-29-12-13-30(23)15-20-5-2-3-7-22(20)25(26,27)28/h2-14H,15-17H2,1H3. The first-order valence-electron chi connectivity index (χ1n) is 10.3. The van der Waals surface area contributed by atoms with Gasteiger partial charge >= 0.3 is 6.18 Å². The van der Waals surface area contributed by atoms with E-state index in [0.29, 0.717) is 17.1 Å². The highest BCUT2D eigenvalue weighted by molar-refractivity contribution is 5.94. The van der Waals surface area contributed by atoms with E-state index in [1.54, 1.807) is 46.0 Å². The second-order valence-corrected chi connectivity index (χ2v) is 7.73. The minimum absolute atomic E-state index is 0.0155. The summed E-state index contributed by atoms with van der Waals surface area (Å²) in [7, 11) is 0. The number of amides is 1. The van der Waals surface area contributed by atoms with E-state index in [0.717, 1.165) is 11.6 Å².